The summed E-state index contributed by atoms with van der Waals surface area (Å²) in [7, 11) is 4.07. The third-order valence-electron chi connectivity index (χ3n) is 15.0. The average Bonchev–Trinajstić information content (AvgIpc) is 3.92. The lowest BCUT2D eigenvalue weighted by atomic mass is 9.47. The molecule has 1 saturated carbocycles. The molecule has 1 aliphatic carbocycles. The summed E-state index contributed by atoms with van der Waals surface area (Å²) in [6.45, 7) is 9.33. The van der Waals surface area contributed by atoms with Gasteiger partial charge in [0.25, 0.3) is 0 Å². The minimum atomic E-state index is -2.54. The largest absolute Gasteiger partial charge is 0.496 e. The number of H-pyrrole nitrogens is 1. The molecule has 61 heavy (non-hydrogen) atoms. The highest BCUT2D eigenvalue weighted by Crippen LogP contribution is 2.68. The predicted octanol–water partition coefficient (Wildman–Crippen LogP) is 4.87. The van der Waals surface area contributed by atoms with Crippen LogP contribution in [0.5, 0.6) is 5.75 Å². The monoisotopic (exact) mass is 952 g/mol. The van der Waals surface area contributed by atoms with Crippen molar-refractivity contribution in [2.75, 3.05) is 52.4 Å². The third kappa shape index (κ3) is 6.06. The number of benzene rings is 2. The van der Waals surface area contributed by atoms with Gasteiger partial charge in [0.15, 0.2) is 6.10 Å². The number of nitrogens with zero attached hydrogens (tertiary/aromatic N) is 3. The number of carbonyl (C=O) groups excluding carboxylic acids is 4. The van der Waals surface area contributed by atoms with Gasteiger partial charge in [-0.3, -0.25) is 19.3 Å². The van der Waals surface area contributed by atoms with E-state index in [0.717, 1.165) is 16.5 Å². The fraction of sp³-hybridized carbons (Fsp3) is 0.565. The van der Waals surface area contributed by atoms with Crippen LogP contribution in [0.4, 0.5) is 5.69 Å². The maximum Gasteiger partial charge on any atom is 0.344 e. The van der Waals surface area contributed by atoms with Gasteiger partial charge < -0.3 is 39.0 Å². The number of carbonyl (C=O) groups is 4. The van der Waals surface area contributed by atoms with Crippen LogP contribution >= 0.6 is 22.9 Å². The van der Waals surface area contributed by atoms with Crippen molar-refractivity contribution in [2.24, 2.45) is 11.3 Å². The van der Waals surface area contributed by atoms with Crippen LogP contribution in [0.3, 0.4) is 0 Å². The Hall–Kier alpha value is -4.03. The molecular formula is C46H57IN4O10. The minimum absolute atomic E-state index is 0.212. The predicted molar refractivity (Wildman–Crippen MR) is 235 cm³/mol. The summed E-state index contributed by atoms with van der Waals surface area (Å²) in [5.41, 5.74) is -3.44. The van der Waals surface area contributed by atoms with Crippen LogP contribution in [0.15, 0.2) is 48.6 Å². The number of anilines is 1. The summed E-state index contributed by atoms with van der Waals surface area (Å²) in [5.74, 6) is -2.21. The van der Waals surface area contributed by atoms with Crippen LogP contribution in [0.2, 0.25) is 0 Å². The second-order valence-electron chi connectivity index (χ2n) is 18.0. The first kappa shape index (κ1) is 43.6. The lowest BCUT2D eigenvalue weighted by Crippen LogP contribution is -2.81. The van der Waals surface area contributed by atoms with E-state index in [2.05, 4.69) is 35.9 Å². The normalized spacial score (nSPS) is 34.7. The Bertz CT molecular complexity index is 2300. The van der Waals surface area contributed by atoms with Crippen LogP contribution in [0.25, 0.3) is 10.9 Å². The van der Waals surface area contributed by atoms with Crippen LogP contribution in [0.1, 0.15) is 82.2 Å². The molecule has 328 valence electrons. The summed E-state index contributed by atoms with van der Waals surface area (Å²) in [6.07, 6.45) is 5.57. The van der Waals surface area contributed by atoms with E-state index in [0.29, 0.717) is 87.2 Å². The van der Waals surface area contributed by atoms with Gasteiger partial charge in [0, 0.05) is 94.5 Å². The number of hydrogen-bond donors (Lipinski definition) is 3. The Morgan fingerprint density at radius 2 is 1.72 bits per heavy atom. The number of halogens is 1. The first-order valence-corrected chi connectivity index (χ1v) is 22.2. The summed E-state index contributed by atoms with van der Waals surface area (Å²) in [4.78, 5) is 63.9. The number of aliphatic hydroxyl groups is 2. The molecule has 5 aliphatic rings. The molecule has 0 bridgehead atoms. The molecule has 1 amide bonds. The van der Waals surface area contributed by atoms with Crippen molar-refractivity contribution in [3.05, 3.63) is 70.9 Å². The minimum Gasteiger partial charge on any atom is -0.496 e. The Labute approximate surface area is 370 Å². The Morgan fingerprint density at radius 3 is 2.38 bits per heavy atom. The molecule has 1 saturated heterocycles. The van der Waals surface area contributed by atoms with Gasteiger partial charge in [0.1, 0.15) is 11.2 Å². The van der Waals surface area contributed by atoms with Crippen LogP contribution < -0.4 is 9.64 Å². The fourth-order valence-electron chi connectivity index (χ4n) is 12.8. The van der Waals surface area contributed by atoms with Crippen molar-refractivity contribution in [1.29, 1.82) is 0 Å². The second-order valence-corrected chi connectivity index (χ2v) is 19.3. The molecule has 0 radical (unpaired) electrons. The van der Waals surface area contributed by atoms with E-state index in [-0.39, 0.29) is 18.1 Å². The first-order chi connectivity index (χ1) is 29.1. The van der Waals surface area contributed by atoms with Gasteiger partial charge in [-0.25, -0.2) is 7.91 Å². The molecule has 2 aromatic carbocycles. The van der Waals surface area contributed by atoms with Gasteiger partial charge in [-0.2, -0.15) is 0 Å². The van der Waals surface area contributed by atoms with E-state index >= 15 is 4.79 Å². The maximum atomic E-state index is 15.3. The number of nitrogens with one attached hydrogen (secondary N) is 1. The van der Waals surface area contributed by atoms with Gasteiger partial charge in [0.05, 0.1) is 38.7 Å². The van der Waals surface area contributed by atoms with Crippen LogP contribution in [-0.2, 0) is 50.6 Å². The third-order valence-corrected chi connectivity index (χ3v) is 15.8. The van der Waals surface area contributed by atoms with Crippen molar-refractivity contribution >= 4 is 63.8 Å². The van der Waals surface area contributed by atoms with Gasteiger partial charge >= 0.3 is 17.9 Å². The first-order valence-electron chi connectivity index (χ1n) is 21.3. The topological polar surface area (TPSA) is 171 Å². The van der Waals surface area contributed by atoms with E-state index in [1.165, 1.54) is 33.2 Å². The van der Waals surface area contributed by atoms with E-state index in [4.69, 9.17) is 18.9 Å². The summed E-state index contributed by atoms with van der Waals surface area (Å²) < 4.78 is 25.8. The van der Waals surface area contributed by atoms with Gasteiger partial charge in [-0.05, 0) is 74.2 Å². The van der Waals surface area contributed by atoms with Gasteiger partial charge in [-0.1, -0.05) is 51.1 Å². The van der Waals surface area contributed by atoms with E-state index in [9.17, 15) is 24.6 Å². The number of fused-ring (bicyclic) bond motifs is 4. The number of rotatable bonds is 8. The number of aromatic amines is 1. The van der Waals surface area contributed by atoms with E-state index in [1.807, 2.05) is 63.3 Å². The van der Waals surface area contributed by atoms with Gasteiger partial charge in [0.2, 0.25) is 12.0 Å². The Morgan fingerprint density at radius 1 is 0.984 bits per heavy atom. The molecule has 0 unspecified atom stereocenters. The van der Waals surface area contributed by atoms with Crippen molar-refractivity contribution in [3.63, 3.8) is 0 Å². The number of hydrogen-bond acceptors (Lipinski definition) is 12. The number of methoxy groups -OCH3 is 3. The van der Waals surface area contributed by atoms with Gasteiger partial charge in [-0.15, -0.1) is 0 Å². The van der Waals surface area contributed by atoms with E-state index in [1.54, 1.807) is 6.07 Å². The average molecular weight is 953 g/mol. The molecule has 1 spiro atoms. The number of esters is 3. The molecule has 14 nitrogen and oxygen atoms in total. The number of amides is 1. The van der Waals surface area contributed by atoms with Crippen molar-refractivity contribution < 1.29 is 48.3 Å². The summed E-state index contributed by atoms with van der Waals surface area (Å²) >= 11 is 2.29. The summed E-state index contributed by atoms with van der Waals surface area (Å²) in [5, 5.41) is 26.4. The zero-order valence-corrected chi connectivity index (χ0v) is 38.1. The standard InChI is InChI=1S/C46H57IN4O10/c1-8-42(56)23-27(3)24-45(40(54)59-6,36-30(15-19-50(47)25-42)29-13-10-11-14-33(29)48-36)32-21-31-34(22-35(32)58-5)51(26-52)38-44(31)17-20-49-18-12-16-43(9-2,37(44)49)39(61-28(4)53)46(38,57)41(55)60-7/h10-14,16,21-22,26-27,37-39,48,56-57H,8-9,15,17-20,23-25H2,1-7H3/t27-,37+,38-,39-,42+,43-,44-,45+,46+/m1/s1. The molecule has 3 N–H and O–H groups in total. The lowest BCUT2D eigenvalue weighted by Gasteiger charge is -2.63. The van der Waals surface area contributed by atoms with Crippen LogP contribution in [0, 0.1) is 11.3 Å². The van der Waals surface area contributed by atoms with Crippen molar-refractivity contribution in [2.45, 2.75) is 106 Å². The van der Waals surface area contributed by atoms with E-state index < -0.39 is 63.5 Å². The van der Waals surface area contributed by atoms with Crippen molar-refractivity contribution in [3.8, 4) is 5.75 Å². The second kappa shape index (κ2) is 15.6. The zero-order valence-electron chi connectivity index (χ0n) is 36.0. The molecule has 1 aromatic heterocycles. The number of aromatic nitrogens is 1. The molecular weight excluding hydrogens is 895 g/mol. The maximum absolute atomic E-state index is 15.3. The quantitative estimate of drug-likeness (QED) is 0.0701. The molecule has 3 aromatic rings. The molecule has 5 heterocycles. The highest BCUT2D eigenvalue weighted by molar-refractivity contribution is 14.1. The Kier molecular flexibility index (Phi) is 11.2. The highest BCUT2D eigenvalue weighted by atomic mass is 127. The molecule has 2 fully saturated rings. The summed E-state index contributed by atoms with van der Waals surface area (Å²) in [6, 6.07) is 9.89. The lowest BCUT2D eigenvalue weighted by molar-refractivity contribution is -0.228. The number of para-hydroxylation sites is 1. The van der Waals surface area contributed by atoms with Crippen molar-refractivity contribution in [1.82, 2.24) is 13.0 Å². The number of β-amino-alcohol motifs (C(OH)–C–C–N with tert-alkyl or cyclic N) is 1. The molecule has 15 heteroatoms. The highest BCUT2D eigenvalue weighted by Gasteiger charge is 2.81. The zero-order chi connectivity index (χ0) is 43.9. The smallest absolute Gasteiger partial charge is 0.344 e. The number of ether oxygens (including phenoxy) is 4. The molecule has 8 rings (SSSR count). The Balaban J connectivity index is 1.49. The molecule has 4 aliphatic heterocycles. The van der Waals surface area contributed by atoms with Crippen LogP contribution in [-0.4, -0.2) is 124 Å². The fourth-order valence-corrected chi connectivity index (χ4v) is 13.7. The SMILES string of the molecule is CC[C@]1(O)C[C@@H](C)C[C@](C(=O)OC)(c2cc3c(cc2OC)N(C=O)[C@H]2[C@@](O)(C(=O)OC)[C@H](OC(C)=O)[C@]4(CC)C=CCN5CC[C@]32[C@@H]54)c2[nH]c3ccccc3c2CCN(I)C1. The molecule has 9 atom stereocenters.